The maximum atomic E-state index is 10.9. The average molecular weight is 330 g/mol. The molecule has 0 amide bonds. The molecule has 2 aromatic rings. The van der Waals surface area contributed by atoms with Gasteiger partial charge in [-0.15, -0.1) is 0 Å². The minimum atomic E-state index is -1.20. The molecule has 0 fully saturated rings. The Bertz CT molecular complexity index is 697. The summed E-state index contributed by atoms with van der Waals surface area (Å²) in [5, 5.41) is 18.0. The third kappa shape index (κ3) is 5.01. The number of hydrogen-bond acceptors (Lipinski definition) is 3. The smallest absolute Gasteiger partial charge is 0.347 e. The molecule has 2 rings (SSSR count). The largest absolute Gasteiger partial charge is 0.508 e. The zero-order valence-electron chi connectivity index (χ0n) is 15.2. The van der Waals surface area contributed by atoms with Gasteiger partial charge in [0.1, 0.15) is 11.5 Å². The zero-order chi connectivity index (χ0) is 18.5. The number of phenols is 1. The average Bonchev–Trinajstić information content (AvgIpc) is 2.50. The molecule has 0 unspecified atom stereocenters. The van der Waals surface area contributed by atoms with Crippen molar-refractivity contribution in [1.29, 1.82) is 0 Å². The standard InChI is InChI=1S/C12H16O3.C8H10O/c1-8-6-5-7-10(9(8)2)15-12(3,4)11(13)14;1-6-4-3-5-8(9)7(6)2/h5-7H,1-4H3,(H,13,14);3-5,9H,1-2H3. The lowest BCUT2D eigenvalue weighted by Gasteiger charge is -2.23. The van der Waals surface area contributed by atoms with E-state index in [1.165, 1.54) is 13.8 Å². The van der Waals surface area contributed by atoms with E-state index in [-0.39, 0.29) is 0 Å². The number of aromatic hydroxyl groups is 1. The van der Waals surface area contributed by atoms with E-state index in [0.717, 1.165) is 22.3 Å². The van der Waals surface area contributed by atoms with Crippen LogP contribution in [0.4, 0.5) is 0 Å². The third-order valence-corrected chi connectivity index (χ3v) is 4.01. The normalized spacial score (nSPS) is 10.6. The molecule has 0 radical (unpaired) electrons. The predicted molar refractivity (Wildman–Crippen MR) is 95.8 cm³/mol. The second-order valence-corrected chi connectivity index (χ2v) is 6.33. The molecule has 24 heavy (non-hydrogen) atoms. The maximum absolute atomic E-state index is 10.9. The van der Waals surface area contributed by atoms with Crippen LogP contribution in [0.5, 0.6) is 11.5 Å². The van der Waals surface area contributed by atoms with E-state index in [1.807, 2.05) is 52.0 Å². The van der Waals surface area contributed by atoms with Crippen molar-refractivity contribution < 1.29 is 19.7 Å². The molecule has 4 heteroatoms. The van der Waals surface area contributed by atoms with Crippen LogP contribution in [0.1, 0.15) is 36.1 Å². The van der Waals surface area contributed by atoms with Crippen molar-refractivity contribution >= 4 is 5.97 Å². The van der Waals surface area contributed by atoms with Crippen LogP contribution in [0.15, 0.2) is 36.4 Å². The van der Waals surface area contributed by atoms with Gasteiger partial charge < -0.3 is 14.9 Å². The quantitative estimate of drug-likeness (QED) is 0.866. The summed E-state index contributed by atoms with van der Waals surface area (Å²) in [7, 11) is 0. The number of carboxylic acid groups (broad SMARTS) is 1. The predicted octanol–water partition coefficient (Wildman–Crippen LogP) is 4.55. The topological polar surface area (TPSA) is 66.8 Å². The summed E-state index contributed by atoms with van der Waals surface area (Å²) in [5.74, 6) is 0.0424. The Balaban J connectivity index is 0.000000272. The number of phenolic OH excluding ortho intramolecular Hbond substituents is 1. The van der Waals surface area contributed by atoms with Crippen molar-refractivity contribution in [2.45, 2.75) is 47.1 Å². The van der Waals surface area contributed by atoms with Gasteiger partial charge >= 0.3 is 5.97 Å². The van der Waals surface area contributed by atoms with E-state index in [0.29, 0.717) is 11.5 Å². The number of carboxylic acids is 1. The van der Waals surface area contributed by atoms with E-state index in [1.54, 1.807) is 12.1 Å². The molecule has 2 aromatic carbocycles. The van der Waals surface area contributed by atoms with Crippen LogP contribution >= 0.6 is 0 Å². The molecule has 0 bridgehead atoms. The summed E-state index contributed by atoms with van der Waals surface area (Å²) in [6, 6.07) is 11.1. The molecule has 4 nitrogen and oxygen atoms in total. The van der Waals surface area contributed by atoms with Crippen molar-refractivity contribution in [2.75, 3.05) is 0 Å². The van der Waals surface area contributed by atoms with Crippen molar-refractivity contribution in [3.05, 3.63) is 58.7 Å². The SMILES string of the molecule is Cc1cccc(O)c1C.Cc1cccc(OC(C)(C)C(=O)O)c1C. The highest BCUT2D eigenvalue weighted by Gasteiger charge is 2.29. The van der Waals surface area contributed by atoms with Gasteiger partial charge in [0.2, 0.25) is 0 Å². The highest BCUT2D eigenvalue weighted by atomic mass is 16.5. The summed E-state index contributed by atoms with van der Waals surface area (Å²) in [6.07, 6.45) is 0. The van der Waals surface area contributed by atoms with E-state index in [9.17, 15) is 4.79 Å². The van der Waals surface area contributed by atoms with Gasteiger partial charge in [-0.2, -0.15) is 0 Å². The molecule has 0 aliphatic rings. The van der Waals surface area contributed by atoms with E-state index in [4.69, 9.17) is 14.9 Å². The lowest BCUT2D eigenvalue weighted by atomic mass is 10.1. The first kappa shape index (κ1) is 19.6. The molecule has 130 valence electrons. The zero-order valence-corrected chi connectivity index (χ0v) is 15.2. The Morgan fingerprint density at radius 2 is 1.42 bits per heavy atom. The molecule has 2 N–H and O–H groups in total. The van der Waals surface area contributed by atoms with Crippen LogP contribution in [0.3, 0.4) is 0 Å². The van der Waals surface area contributed by atoms with Crippen molar-refractivity contribution in [1.82, 2.24) is 0 Å². The molecule has 0 spiro atoms. The van der Waals surface area contributed by atoms with Crippen LogP contribution < -0.4 is 4.74 Å². The number of benzene rings is 2. The van der Waals surface area contributed by atoms with Gasteiger partial charge in [0.05, 0.1) is 0 Å². The Kier molecular flexibility index (Phi) is 6.41. The van der Waals surface area contributed by atoms with Crippen LogP contribution in [-0.4, -0.2) is 21.8 Å². The van der Waals surface area contributed by atoms with E-state index < -0.39 is 11.6 Å². The Morgan fingerprint density at radius 3 is 1.88 bits per heavy atom. The minimum absolute atomic E-state index is 0.384. The third-order valence-electron chi connectivity index (χ3n) is 4.01. The van der Waals surface area contributed by atoms with Crippen LogP contribution in [-0.2, 0) is 4.79 Å². The van der Waals surface area contributed by atoms with Gasteiger partial charge in [-0.25, -0.2) is 4.79 Å². The van der Waals surface area contributed by atoms with Crippen LogP contribution in [0, 0.1) is 27.7 Å². The van der Waals surface area contributed by atoms with Crippen molar-refractivity contribution in [3.8, 4) is 11.5 Å². The van der Waals surface area contributed by atoms with E-state index >= 15 is 0 Å². The summed E-state index contributed by atoms with van der Waals surface area (Å²) >= 11 is 0. The second-order valence-electron chi connectivity index (χ2n) is 6.33. The minimum Gasteiger partial charge on any atom is -0.508 e. The summed E-state index contributed by atoms with van der Waals surface area (Å²) in [4.78, 5) is 10.9. The molecule has 0 aliphatic carbocycles. The molecule has 0 heterocycles. The fraction of sp³-hybridized carbons (Fsp3) is 0.350. The number of rotatable bonds is 3. The lowest BCUT2D eigenvalue weighted by Crippen LogP contribution is -2.38. The Hall–Kier alpha value is -2.49. The number of carbonyl (C=O) groups is 1. The molecule has 0 aromatic heterocycles. The number of ether oxygens (including phenoxy) is 1. The molecular formula is C20H26O4. The Labute approximate surface area is 143 Å². The van der Waals surface area contributed by atoms with Gasteiger partial charge in [-0.1, -0.05) is 24.3 Å². The monoisotopic (exact) mass is 330 g/mol. The fourth-order valence-corrected chi connectivity index (χ4v) is 1.89. The molecule has 0 saturated carbocycles. The van der Waals surface area contributed by atoms with Gasteiger partial charge in [0.25, 0.3) is 0 Å². The fourth-order valence-electron chi connectivity index (χ4n) is 1.89. The number of aryl methyl sites for hydroxylation is 2. The molecular weight excluding hydrogens is 304 g/mol. The lowest BCUT2D eigenvalue weighted by molar-refractivity contribution is -0.152. The maximum Gasteiger partial charge on any atom is 0.347 e. The highest BCUT2D eigenvalue weighted by molar-refractivity contribution is 5.76. The first-order valence-electron chi connectivity index (χ1n) is 7.80. The highest BCUT2D eigenvalue weighted by Crippen LogP contribution is 2.25. The first-order valence-corrected chi connectivity index (χ1v) is 7.80. The summed E-state index contributed by atoms with van der Waals surface area (Å²) in [5.41, 5.74) is 2.98. The molecule has 0 aliphatic heterocycles. The number of aliphatic carboxylic acids is 1. The Morgan fingerprint density at radius 1 is 0.917 bits per heavy atom. The number of hydrogen-bond donors (Lipinski definition) is 2. The van der Waals surface area contributed by atoms with Gasteiger partial charge in [-0.05, 0) is 75.9 Å². The van der Waals surface area contributed by atoms with Crippen molar-refractivity contribution in [2.24, 2.45) is 0 Å². The summed E-state index contributed by atoms with van der Waals surface area (Å²) < 4.78 is 5.48. The van der Waals surface area contributed by atoms with E-state index in [2.05, 4.69) is 0 Å². The van der Waals surface area contributed by atoms with Crippen LogP contribution in [0.2, 0.25) is 0 Å². The first-order chi connectivity index (χ1) is 11.1. The second kappa shape index (κ2) is 7.86. The summed E-state index contributed by atoms with van der Waals surface area (Å²) in [6.45, 7) is 10.9. The molecule has 0 atom stereocenters. The van der Waals surface area contributed by atoms with Gasteiger partial charge in [-0.3, -0.25) is 0 Å². The molecule has 0 saturated heterocycles. The van der Waals surface area contributed by atoms with Gasteiger partial charge in [0.15, 0.2) is 5.60 Å². The van der Waals surface area contributed by atoms with Crippen LogP contribution in [0.25, 0.3) is 0 Å². The van der Waals surface area contributed by atoms with Gasteiger partial charge in [0, 0.05) is 0 Å². The van der Waals surface area contributed by atoms with Crippen molar-refractivity contribution in [3.63, 3.8) is 0 Å².